The van der Waals surface area contributed by atoms with Gasteiger partial charge in [0.2, 0.25) is 5.95 Å². The van der Waals surface area contributed by atoms with E-state index in [0.29, 0.717) is 12.0 Å². The Kier molecular flexibility index (Phi) is 6.11. The van der Waals surface area contributed by atoms with E-state index in [2.05, 4.69) is 47.4 Å². The molecule has 1 atom stereocenters. The lowest BCUT2D eigenvalue weighted by Gasteiger charge is -2.16. The van der Waals surface area contributed by atoms with Gasteiger partial charge in [0.15, 0.2) is 0 Å². The van der Waals surface area contributed by atoms with Crippen molar-refractivity contribution in [2.75, 3.05) is 28.7 Å². The molecule has 1 unspecified atom stereocenters. The molecule has 0 aliphatic rings. The molecule has 4 nitrogen and oxygen atoms in total. The molecule has 1 heterocycles. The minimum Gasteiger partial charge on any atom is -0.366 e. The van der Waals surface area contributed by atoms with E-state index in [0.717, 1.165) is 41.2 Å². The molecule has 0 saturated carbocycles. The molecule has 1 aromatic heterocycles. The molecular formula is C16H24N4S. The third-order valence-electron chi connectivity index (χ3n) is 3.09. The number of nitrogens with one attached hydrogen (secondary N) is 2. The number of benzene rings is 1. The van der Waals surface area contributed by atoms with Crippen molar-refractivity contribution in [3.8, 4) is 0 Å². The third-order valence-corrected chi connectivity index (χ3v) is 4.24. The van der Waals surface area contributed by atoms with Crippen molar-refractivity contribution in [1.29, 1.82) is 0 Å². The molecule has 0 radical (unpaired) electrons. The Morgan fingerprint density at radius 2 is 2.00 bits per heavy atom. The maximum Gasteiger partial charge on any atom is 0.225 e. The molecule has 0 aliphatic heterocycles. The number of nitrogens with zero attached hydrogens (tertiary/aromatic N) is 2. The fourth-order valence-electron chi connectivity index (χ4n) is 2.07. The van der Waals surface area contributed by atoms with Gasteiger partial charge in [-0.2, -0.15) is 16.7 Å². The quantitative estimate of drug-likeness (QED) is 0.772. The molecule has 5 heteroatoms. The zero-order valence-electron chi connectivity index (χ0n) is 13.0. The third kappa shape index (κ3) is 4.49. The molecule has 2 N–H and O–H groups in total. The summed E-state index contributed by atoms with van der Waals surface area (Å²) in [4.78, 5) is 9.22. The second-order valence-corrected chi connectivity index (χ2v) is 6.36. The highest BCUT2D eigenvalue weighted by atomic mass is 32.2. The monoisotopic (exact) mass is 304 g/mol. The lowest BCUT2D eigenvalue weighted by Crippen LogP contribution is -2.20. The minimum absolute atomic E-state index is 0.382. The predicted octanol–water partition coefficient (Wildman–Crippen LogP) is 4.01. The van der Waals surface area contributed by atoms with E-state index in [4.69, 9.17) is 0 Å². The number of thioether (sulfide) groups is 1. The van der Waals surface area contributed by atoms with Crippen LogP contribution in [0.3, 0.4) is 0 Å². The van der Waals surface area contributed by atoms with Gasteiger partial charge in [0.25, 0.3) is 0 Å². The molecule has 114 valence electrons. The number of fused-ring (bicyclic) bond motifs is 1. The van der Waals surface area contributed by atoms with Crippen molar-refractivity contribution in [3.63, 3.8) is 0 Å². The van der Waals surface area contributed by atoms with Crippen LogP contribution in [0, 0.1) is 0 Å². The van der Waals surface area contributed by atoms with Crippen LogP contribution in [0.2, 0.25) is 0 Å². The summed E-state index contributed by atoms with van der Waals surface area (Å²) in [6.07, 6.45) is 1.06. The summed E-state index contributed by atoms with van der Waals surface area (Å²) < 4.78 is 0. The summed E-state index contributed by atoms with van der Waals surface area (Å²) in [5, 5.41) is 7.88. The van der Waals surface area contributed by atoms with Crippen LogP contribution in [-0.2, 0) is 0 Å². The van der Waals surface area contributed by atoms with E-state index in [1.165, 1.54) is 0 Å². The number of para-hydroxylation sites is 1. The zero-order chi connectivity index (χ0) is 15.1. The highest BCUT2D eigenvalue weighted by molar-refractivity contribution is 7.99. The van der Waals surface area contributed by atoms with E-state index in [1.807, 2.05) is 30.0 Å². The van der Waals surface area contributed by atoms with Crippen molar-refractivity contribution >= 4 is 34.4 Å². The Labute approximate surface area is 131 Å². The molecule has 1 aromatic carbocycles. The highest BCUT2D eigenvalue weighted by Crippen LogP contribution is 2.23. The Morgan fingerprint density at radius 1 is 1.19 bits per heavy atom. The van der Waals surface area contributed by atoms with Crippen molar-refractivity contribution in [2.24, 2.45) is 0 Å². The van der Waals surface area contributed by atoms with Crippen LogP contribution in [0.4, 0.5) is 11.8 Å². The molecule has 0 amide bonds. The summed E-state index contributed by atoms with van der Waals surface area (Å²) in [5.74, 6) is 3.84. The van der Waals surface area contributed by atoms with Crippen molar-refractivity contribution < 1.29 is 0 Å². The van der Waals surface area contributed by atoms with Gasteiger partial charge in [0.1, 0.15) is 5.82 Å². The molecule has 2 rings (SSSR count). The van der Waals surface area contributed by atoms with Crippen LogP contribution in [-0.4, -0.2) is 34.1 Å². The first kappa shape index (κ1) is 15.9. The molecule has 0 saturated heterocycles. The van der Waals surface area contributed by atoms with Gasteiger partial charge in [0.05, 0.1) is 5.52 Å². The average molecular weight is 304 g/mol. The van der Waals surface area contributed by atoms with Gasteiger partial charge in [-0.1, -0.05) is 26.0 Å². The fourth-order valence-corrected chi connectivity index (χ4v) is 2.74. The van der Waals surface area contributed by atoms with Crippen LogP contribution < -0.4 is 10.6 Å². The standard InChI is InChI=1S/C16H24N4S/c1-4-10-17-16-19-14-9-7-6-8-13(14)15(20-16)18-12(3)11-21-5-2/h6-9,12H,4-5,10-11H2,1-3H3,(H2,17,18,19,20). The summed E-state index contributed by atoms with van der Waals surface area (Å²) in [6.45, 7) is 7.40. The molecule has 2 aromatic rings. The van der Waals surface area contributed by atoms with Gasteiger partial charge >= 0.3 is 0 Å². The SMILES string of the molecule is CCCNc1nc(NC(C)CSCC)c2ccccc2n1. The van der Waals surface area contributed by atoms with Gasteiger partial charge in [-0.25, -0.2) is 4.98 Å². The van der Waals surface area contributed by atoms with Gasteiger partial charge < -0.3 is 10.6 Å². The second kappa shape index (κ2) is 8.08. The number of hydrogen-bond acceptors (Lipinski definition) is 5. The number of hydrogen-bond donors (Lipinski definition) is 2. The highest BCUT2D eigenvalue weighted by Gasteiger charge is 2.09. The average Bonchev–Trinajstić information content (AvgIpc) is 2.51. The van der Waals surface area contributed by atoms with Crippen LogP contribution in [0.25, 0.3) is 10.9 Å². The van der Waals surface area contributed by atoms with Gasteiger partial charge in [0, 0.05) is 23.7 Å². The smallest absolute Gasteiger partial charge is 0.225 e. The van der Waals surface area contributed by atoms with E-state index < -0.39 is 0 Å². The zero-order valence-corrected chi connectivity index (χ0v) is 13.8. The van der Waals surface area contributed by atoms with E-state index >= 15 is 0 Å². The summed E-state index contributed by atoms with van der Waals surface area (Å²) >= 11 is 1.94. The molecule has 0 spiro atoms. The molecule has 0 bridgehead atoms. The molecule has 0 fully saturated rings. The normalized spacial score (nSPS) is 12.3. The Hall–Kier alpha value is -1.49. The van der Waals surface area contributed by atoms with Crippen molar-refractivity contribution in [2.45, 2.75) is 33.2 Å². The predicted molar refractivity (Wildman–Crippen MR) is 94.4 cm³/mol. The van der Waals surface area contributed by atoms with Crippen molar-refractivity contribution in [1.82, 2.24) is 9.97 Å². The van der Waals surface area contributed by atoms with Crippen LogP contribution in [0.15, 0.2) is 24.3 Å². The van der Waals surface area contributed by atoms with Gasteiger partial charge in [-0.15, -0.1) is 0 Å². The Bertz CT molecular complexity index is 573. The largest absolute Gasteiger partial charge is 0.366 e. The Balaban J connectivity index is 2.26. The number of rotatable bonds is 8. The first-order valence-corrected chi connectivity index (χ1v) is 8.75. The van der Waals surface area contributed by atoms with Crippen LogP contribution >= 0.6 is 11.8 Å². The summed E-state index contributed by atoms with van der Waals surface area (Å²) in [5.41, 5.74) is 0.976. The first-order valence-electron chi connectivity index (χ1n) is 7.59. The van der Waals surface area contributed by atoms with Crippen LogP contribution in [0.5, 0.6) is 0 Å². The molecule has 0 aliphatic carbocycles. The molecular weight excluding hydrogens is 280 g/mol. The second-order valence-electron chi connectivity index (χ2n) is 5.04. The molecule has 21 heavy (non-hydrogen) atoms. The fraction of sp³-hybridized carbons (Fsp3) is 0.500. The van der Waals surface area contributed by atoms with E-state index in [9.17, 15) is 0 Å². The maximum atomic E-state index is 4.64. The van der Waals surface area contributed by atoms with Crippen LogP contribution in [0.1, 0.15) is 27.2 Å². The summed E-state index contributed by atoms with van der Waals surface area (Å²) in [6, 6.07) is 8.53. The van der Waals surface area contributed by atoms with Gasteiger partial charge in [-0.05, 0) is 31.2 Å². The lowest BCUT2D eigenvalue weighted by molar-refractivity contribution is 0.900. The van der Waals surface area contributed by atoms with E-state index in [-0.39, 0.29) is 0 Å². The van der Waals surface area contributed by atoms with Crippen molar-refractivity contribution in [3.05, 3.63) is 24.3 Å². The first-order chi connectivity index (χ1) is 10.2. The Morgan fingerprint density at radius 3 is 2.76 bits per heavy atom. The minimum atomic E-state index is 0.382. The summed E-state index contributed by atoms with van der Waals surface area (Å²) in [7, 11) is 0. The van der Waals surface area contributed by atoms with Gasteiger partial charge in [-0.3, -0.25) is 0 Å². The number of anilines is 2. The lowest BCUT2D eigenvalue weighted by atomic mass is 10.2. The topological polar surface area (TPSA) is 49.8 Å². The maximum absolute atomic E-state index is 4.64. The number of aromatic nitrogens is 2. The van der Waals surface area contributed by atoms with E-state index in [1.54, 1.807) is 0 Å².